The number of hydrogen-bond donors (Lipinski definition) is 2. The summed E-state index contributed by atoms with van der Waals surface area (Å²) in [6.45, 7) is 4.50. The highest BCUT2D eigenvalue weighted by Crippen LogP contribution is 2.33. The Hall–Kier alpha value is -3.26. The molecule has 1 saturated heterocycles. The number of nitrogens with zero attached hydrogens (tertiary/aromatic N) is 4. The molecule has 1 amide bonds. The first-order chi connectivity index (χ1) is 15.0. The number of carbonyl (C=O) groups excluding carboxylic acids is 1. The third kappa shape index (κ3) is 4.44. The first-order valence-corrected chi connectivity index (χ1v) is 10.5. The summed E-state index contributed by atoms with van der Waals surface area (Å²) in [6, 6.07) is 7.40. The summed E-state index contributed by atoms with van der Waals surface area (Å²) in [5.74, 6) is 0.476. The lowest BCUT2D eigenvalue weighted by Crippen LogP contribution is -2.45. The molecule has 0 bridgehead atoms. The smallest absolute Gasteiger partial charge is 0.256 e. The van der Waals surface area contributed by atoms with Crippen LogP contribution in [0.3, 0.4) is 0 Å². The SMILES string of the molecule is Cc1ccc(N/N=C\C=N)c(C(=O)N2CC(c3nc4cc(Cl)cnc4o3)CC[C@H]2C)c1. The van der Waals surface area contributed by atoms with E-state index in [1.807, 2.05) is 30.0 Å². The summed E-state index contributed by atoms with van der Waals surface area (Å²) in [4.78, 5) is 24.1. The summed E-state index contributed by atoms with van der Waals surface area (Å²) in [7, 11) is 0. The standard InChI is InChI=1S/C22H23ClN6O2/c1-13-3-6-18(28-26-8-7-24)17(9-13)22(30)29-12-15(5-4-14(29)2)20-27-19-10-16(23)11-25-21(19)31-20/h3,6-11,14-15,24,28H,4-5,12H2,1-2H3/b24-7?,26-8-/t14-,15?/m1/s1. The molecule has 2 atom stereocenters. The van der Waals surface area contributed by atoms with Gasteiger partial charge in [-0.05, 0) is 44.9 Å². The zero-order valence-electron chi connectivity index (χ0n) is 17.3. The Labute approximate surface area is 184 Å². The summed E-state index contributed by atoms with van der Waals surface area (Å²) in [6.07, 6.45) is 5.63. The van der Waals surface area contributed by atoms with Crippen LogP contribution in [0.5, 0.6) is 0 Å². The Morgan fingerprint density at radius 1 is 1.39 bits per heavy atom. The molecule has 160 valence electrons. The predicted molar refractivity (Wildman–Crippen MR) is 121 cm³/mol. The van der Waals surface area contributed by atoms with E-state index in [1.54, 1.807) is 6.07 Å². The molecule has 0 saturated carbocycles. The molecule has 2 aromatic heterocycles. The van der Waals surface area contributed by atoms with Gasteiger partial charge in [-0.2, -0.15) is 5.10 Å². The van der Waals surface area contributed by atoms with Gasteiger partial charge in [0.25, 0.3) is 5.91 Å². The van der Waals surface area contributed by atoms with E-state index in [4.69, 9.17) is 21.4 Å². The molecule has 8 nitrogen and oxygen atoms in total. The molecule has 1 aliphatic rings. The van der Waals surface area contributed by atoms with Crippen molar-refractivity contribution in [3.8, 4) is 0 Å². The van der Waals surface area contributed by atoms with E-state index in [2.05, 4.69) is 27.4 Å². The molecule has 3 aromatic rings. The van der Waals surface area contributed by atoms with Crippen LogP contribution in [0.25, 0.3) is 11.2 Å². The molecule has 3 heterocycles. The highest BCUT2D eigenvalue weighted by molar-refractivity contribution is 6.30. The maximum atomic E-state index is 13.5. The van der Waals surface area contributed by atoms with Crippen molar-refractivity contribution in [1.29, 1.82) is 5.41 Å². The second-order valence-electron chi connectivity index (χ2n) is 7.72. The zero-order chi connectivity index (χ0) is 22.0. The lowest BCUT2D eigenvalue weighted by molar-refractivity contribution is 0.0598. The molecule has 0 aliphatic carbocycles. The normalized spacial score (nSPS) is 19.1. The molecule has 9 heteroatoms. The quantitative estimate of drug-likeness (QED) is 0.445. The number of anilines is 1. The average molecular weight is 439 g/mol. The fraction of sp³-hybridized carbons (Fsp3) is 0.318. The van der Waals surface area contributed by atoms with E-state index in [0.717, 1.165) is 24.6 Å². The van der Waals surface area contributed by atoms with Crippen molar-refractivity contribution in [1.82, 2.24) is 14.9 Å². The van der Waals surface area contributed by atoms with Gasteiger partial charge in [0, 0.05) is 25.0 Å². The van der Waals surface area contributed by atoms with E-state index < -0.39 is 0 Å². The fourth-order valence-electron chi connectivity index (χ4n) is 3.81. The number of aryl methyl sites for hydroxylation is 1. The predicted octanol–water partition coefficient (Wildman–Crippen LogP) is 4.64. The molecule has 4 rings (SSSR count). The average Bonchev–Trinajstić information content (AvgIpc) is 3.18. The Balaban J connectivity index is 1.61. The van der Waals surface area contributed by atoms with Crippen molar-refractivity contribution in [3.05, 3.63) is 52.5 Å². The lowest BCUT2D eigenvalue weighted by Gasteiger charge is -2.37. The third-order valence-electron chi connectivity index (χ3n) is 5.46. The molecular formula is C22H23ClN6O2. The van der Waals surface area contributed by atoms with E-state index in [-0.39, 0.29) is 17.9 Å². The van der Waals surface area contributed by atoms with Gasteiger partial charge in [0.1, 0.15) is 5.52 Å². The number of fused-ring (bicyclic) bond motifs is 1. The number of piperidine rings is 1. The molecule has 1 aromatic carbocycles. The number of carbonyl (C=O) groups is 1. The molecule has 0 spiro atoms. The van der Waals surface area contributed by atoms with Crippen LogP contribution in [0, 0.1) is 12.3 Å². The Morgan fingerprint density at radius 2 is 2.23 bits per heavy atom. The van der Waals surface area contributed by atoms with Crippen LogP contribution < -0.4 is 5.43 Å². The second kappa shape index (κ2) is 8.85. The molecule has 2 N–H and O–H groups in total. The Kier molecular flexibility index (Phi) is 5.99. The third-order valence-corrected chi connectivity index (χ3v) is 5.67. The van der Waals surface area contributed by atoms with Crippen molar-refractivity contribution >= 4 is 46.9 Å². The summed E-state index contributed by atoms with van der Waals surface area (Å²) in [5.41, 5.74) is 6.05. The topological polar surface area (TPSA) is 107 Å². The van der Waals surface area contributed by atoms with Gasteiger partial charge in [-0.25, -0.2) is 9.97 Å². The number of amides is 1. The van der Waals surface area contributed by atoms with Gasteiger partial charge in [-0.1, -0.05) is 23.2 Å². The molecular weight excluding hydrogens is 416 g/mol. The number of aromatic nitrogens is 2. The second-order valence-corrected chi connectivity index (χ2v) is 8.15. The van der Waals surface area contributed by atoms with E-state index >= 15 is 0 Å². The minimum atomic E-state index is -0.0780. The van der Waals surface area contributed by atoms with Crippen LogP contribution in [0.15, 0.2) is 40.0 Å². The Bertz CT molecular complexity index is 1160. The minimum absolute atomic E-state index is 0.0229. The van der Waals surface area contributed by atoms with Gasteiger partial charge in [-0.15, -0.1) is 0 Å². The first-order valence-electron chi connectivity index (χ1n) is 10.1. The van der Waals surface area contributed by atoms with Crippen molar-refractivity contribution in [2.45, 2.75) is 38.6 Å². The summed E-state index contributed by atoms with van der Waals surface area (Å²) < 4.78 is 5.87. The maximum Gasteiger partial charge on any atom is 0.256 e. The van der Waals surface area contributed by atoms with Gasteiger partial charge in [0.15, 0.2) is 0 Å². The van der Waals surface area contributed by atoms with Crippen molar-refractivity contribution in [2.75, 3.05) is 12.0 Å². The fourth-order valence-corrected chi connectivity index (χ4v) is 3.96. The highest BCUT2D eigenvalue weighted by Gasteiger charge is 2.33. The molecule has 31 heavy (non-hydrogen) atoms. The summed E-state index contributed by atoms with van der Waals surface area (Å²) >= 11 is 6.01. The van der Waals surface area contributed by atoms with Gasteiger partial charge in [-0.3, -0.25) is 10.2 Å². The van der Waals surface area contributed by atoms with Crippen molar-refractivity contribution in [3.63, 3.8) is 0 Å². The summed E-state index contributed by atoms with van der Waals surface area (Å²) in [5, 5.41) is 11.5. The van der Waals surface area contributed by atoms with E-state index in [1.165, 1.54) is 12.4 Å². The number of pyridine rings is 1. The highest BCUT2D eigenvalue weighted by atomic mass is 35.5. The molecule has 1 unspecified atom stereocenters. The number of likely N-dealkylation sites (tertiary alicyclic amines) is 1. The van der Waals surface area contributed by atoms with Crippen LogP contribution in [-0.2, 0) is 0 Å². The van der Waals surface area contributed by atoms with E-state index in [9.17, 15) is 4.79 Å². The number of nitrogens with one attached hydrogen (secondary N) is 2. The van der Waals surface area contributed by atoms with Crippen LogP contribution in [-0.4, -0.2) is 45.8 Å². The van der Waals surface area contributed by atoms with E-state index in [0.29, 0.717) is 39.9 Å². The van der Waals surface area contributed by atoms with Gasteiger partial charge in [0.05, 0.1) is 28.4 Å². The molecule has 1 fully saturated rings. The number of hydrogen-bond acceptors (Lipinski definition) is 7. The first kappa shape index (κ1) is 21.0. The van der Waals surface area contributed by atoms with Crippen molar-refractivity contribution in [2.24, 2.45) is 5.10 Å². The zero-order valence-corrected chi connectivity index (χ0v) is 18.1. The monoisotopic (exact) mass is 438 g/mol. The number of oxazole rings is 1. The van der Waals surface area contributed by atoms with Gasteiger partial charge < -0.3 is 14.7 Å². The minimum Gasteiger partial charge on any atom is -0.422 e. The van der Waals surface area contributed by atoms with Crippen LogP contribution >= 0.6 is 11.6 Å². The number of rotatable bonds is 5. The maximum absolute atomic E-state index is 13.5. The van der Waals surface area contributed by atoms with Gasteiger partial charge in [0.2, 0.25) is 11.6 Å². The van der Waals surface area contributed by atoms with Crippen molar-refractivity contribution < 1.29 is 9.21 Å². The molecule has 1 aliphatic heterocycles. The van der Waals surface area contributed by atoms with Crippen LogP contribution in [0.2, 0.25) is 5.02 Å². The number of benzene rings is 1. The largest absolute Gasteiger partial charge is 0.422 e. The van der Waals surface area contributed by atoms with Gasteiger partial charge >= 0.3 is 0 Å². The number of hydrazone groups is 1. The molecule has 0 radical (unpaired) electrons. The van der Waals surface area contributed by atoms with Crippen LogP contribution in [0.1, 0.15) is 47.5 Å². The number of halogens is 1. The lowest BCUT2D eigenvalue weighted by atomic mass is 9.92. The Morgan fingerprint density at radius 3 is 3.03 bits per heavy atom. The van der Waals surface area contributed by atoms with Crippen LogP contribution in [0.4, 0.5) is 5.69 Å².